The summed E-state index contributed by atoms with van der Waals surface area (Å²) in [5.74, 6) is 0.394. The molecule has 1 unspecified atom stereocenters. The van der Waals surface area contributed by atoms with Gasteiger partial charge in [0, 0.05) is 18.2 Å². The molecule has 1 aliphatic rings. The van der Waals surface area contributed by atoms with Crippen molar-refractivity contribution in [1.29, 1.82) is 0 Å². The van der Waals surface area contributed by atoms with Crippen molar-refractivity contribution >= 4 is 0 Å². The van der Waals surface area contributed by atoms with Gasteiger partial charge in [-0.2, -0.15) is 0 Å². The first-order valence-corrected chi connectivity index (χ1v) is 6.73. The van der Waals surface area contributed by atoms with Crippen LogP contribution in [-0.2, 0) is 4.74 Å². The lowest BCUT2D eigenvalue weighted by atomic mass is 9.77. The van der Waals surface area contributed by atoms with Gasteiger partial charge in [0.15, 0.2) is 0 Å². The van der Waals surface area contributed by atoms with Crippen molar-refractivity contribution in [1.82, 2.24) is 0 Å². The summed E-state index contributed by atoms with van der Waals surface area (Å²) in [5.41, 5.74) is 7.82. The van der Waals surface area contributed by atoms with Gasteiger partial charge in [0.2, 0.25) is 0 Å². The number of benzene rings is 1. The number of hydrogen-bond donors (Lipinski definition) is 1. The van der Waals surface area contributed by atoms with Crippen molar-refractivity contribution in [3.8, 4) is 0 Å². The van der Waals surface area contributed by atoms with Crippen molar-refractivity contribution in [2.75, 3.05) is 6.61 Å². The van der Waals surface area contributed by atoms with Gasteiger partial charge in [-0.15, -0.1) is 0 Å². The summed E-state index contributed by atoms with van der Waals surface area (Å²) in [5, 5.41) is 0. The third kappa shape index (κ3) is 3.09. The Bertz CT molecular complexity index is 401. The molecule has 0 aliphatic heterocycles. The van der Waals surface area contributed by atoms with Gasteiger partial charge in [0.1, 0.15) is 5.82 Å². The van der Waals surface area contributed by atoms with Crippen LogP contribution in [0.5, 0.6) is 0 Å². The highest BCUT2D eigenvalue weighted by molar-refractivity contribution is 5.26. The van der Waals surface area contributed by atoms with E-state index in [1.807, 2.05) is 19.9 Å². The SMILES string of the molecule is CCOC1CC(CC(N)c2cc(C)ccc2F)C1. The van der Waals surface area contributed by atoms with Crippen molar-refractivity contribution in [2.45, 2.75) is 45.3 Å². The monoisotopic (exact) mass is 251 g/mol. The zero-order chi connectivity index (χ0) is 13.1. The second kappa shape index (κ2) is 5.81. The van der Waals surface area contributed by atoms with E-state index in [4.69, 9.17) is 10.5 Å². The second-order valence-electron chi connectivity index (χ2n) is 5.28. The number of aryl methyl sites for hydroxylation is 1. The van der Waals surface area contributed by atoms with E-state index in [1.165, 1.54) is 6.07 Å². The molecule has 0 amide bonds. The lowest BCUT2D eigenvalue weighted by Gasteiger charge is -2.36. The van der Waals surface area contributed by atoms with Crippen LogP contribution in [0.25, 0.3) is 0 Å². The number of halogens is 1. The van der Waals surface area contributed by atoms with Gasteiger partial charge in [0.05, 0.1) is 6.10 Å². The molecule has 0 heterocycles. The number of ether oxygens (including phenoxy) is 1. The molecule has 100 valence electrons. The summed E-state index contributed by atoms with van der Waals surface area (Å²) < 4.78 is 19.2. The van der Waals surface area contributed by atoms with Gasteiger partial charge in [-0.05, 0) is 45.1 Å². The summed E-state index contributed by atoms with van der Waals surface area (Å²) in [6.07, 6.45) is 3.38. The van der Waals surface area contributed by atoms with Gasteiger partial charge in [-0.25, -0.2) is 4.39 Å². The Morgan fingerprint density at radius 3 is 2.83 bits per heavy atom. The lowest BCUT2D eigenvalue weighted by molar-refractivity contribution is -0.0282. The smallest absolute Gasteiger partial charge is 0.127 e. The molecule has 1 atom stereocenters. The summed E-state index contributed by atoms with van der Waals surface area (Å²) >= 11 is 0. The number of hydrogen-bond acceptors (Lipinski definition) is 2. The number of rotatable bonds is 5. The van der Waals surface area contributed by atoms with Gasteiger partial charge < -0.3 is 10.5 Å². The minimum absolute atomic E-state index is 0.186. The van der Waals surface area contributed by atoms with Crippen molar-refractivity contribution in [3.63, 3.8) is 0 Å². The Kier molecular flexibility index (Phi) is 4.36. The molecule has 1 aromatic carbocycles. The third-order valence-corrected chi connectivity index (χ3v) is 3.73. The molecular formula is C15H22FNO. The molecule has 2 nitrogen and oxygen atoms in total. The molecule has 1 saturated carbocycles. The fraction of sp³-hybridized carbons (Fsp3) is 0.600. The molecule has 18 heavy (non-hydrogen) atoms. The zero-order valence-electron chi connectivity index (χ0n) is 11.2. The molecule has 3 heteroatoms. The van der Waals surface area contributed by atoms with E-state index in [2.05, 4.69) is 0 Å². The van der Waals surface area contributed by atoms with E-state index in [0.717, 1.165) is 31.4 Å². The van der Waals surface area contributed by atoms with Crippen molar-refractivity contribution in [2.24, 2.45) is 11.7 Å². The van der Waals surface area contributed by atoms with Crippen LogP contribution in [0.2, 0.25) is 0 Å². The summed E-state index contributed by atoms with van der Waals surface area (Å²) in [6, 6.07) is 4.95. The second-order valence-corrected chi connectivity index (χ2v) is 5.28. The zero-order valence-corrected chi connectivity index (χ0v) is 11.2. The maximum absolute atomic E-state index is 13.7. The Labute approximate surface area is 108 Å². The summed E-state index contributed by atoms with van der Waals surface area (Å²) in [7, 11) is 0. The molecule has 1 aliphatic carbocycles. The molecular weight excluding hydrogens is 229 g/mol. The molecule has 1 fully saturated rings. The van der Waals surface area contributed by atoms with E-state index in [-0.39, 0.29) is 11.9 Å². The van der Waals surface area contributed by atoms with Crippen LogP contribution in [0.15, 0.2) is 18.2 Å². The van der Waals surface area contributed by atoms with Gasteiger partial charge in [-0.3, -0.25) is 0 Å². The first kappa shape index (κ1) is 13.5. The fourth-order valence-corrected chi connectivity index (χ4v) is 2.67. The molecule has 0 spiro atoms. The number of nitrogens with two attached hydrogens (primary N) is 1. The maximum Gasteiger partial charge on any atom is 0.127 e. The molecule has 1 aromatic rings. The van der Waals surface area contributed by atoms with E-state index < -0.39 is 0 Å². The summed E-state index contributed by atoms with van der Waals surface area (Å²) in [6.45, 7) is 4.75. The first-order valence-electron chi connectivity index (χ1n) is 6.73. The van der Waals surface area contributed by atoms with Crippen molar-refractivity contribution < 1.29 is 9.13 Å². The molecule has 0 bridgehead atoms. The fourth-order valence-electron chi connectivity index (χ4n) is 2.67. The summed E-state index contributed by atoms with van der Waals surface area (Å²) in [4.78, 5) is 0. The Morgan fingerprint density at radius 2 is 2.17 bits per heavy atom. The third-order valence-electron chi connectivity index (χ3n) is 3.73. The molecule has 0 aromatic heterocycles. The lowest BCUT2D eigenvalue weighted by Crippen LogP contribution is -2.33. The quantitative estimate of drug-likeness (QED) is 0.871. The van der Waals surface area contributed by atoms with Crippen LogP contribution in [0.4, 0.5) is 4.39 Å². The Balaban J connectivity index is 1.89. The minimum Gasteiger partial charge on any atom is -0.378 e. The van der Waals surface area contributed by atoms with Gasteiger partial charge in [-0.1, -0.05) is 17.7 Å². The van der Waals surface area contributed by atoms with E-state index >= 15 is 0 Å². The van der Waals surface area contributed by atoms with Crippen LogP contribution in [-0.4, -0.2) is 12.7 Å². The highest BCUT2D eigenvalue weighted by Crippen LogP contribution is 2.36. The molecule has 0 saturated heterocycles. The molecule has 2 N–H and O–H groups in total. The van der Waals surface area contributed by atoms with Gasteiger partial charge >= 0.3 is 0 Å². The highest BCUT2D eigenvalue weighted by atomic mass is 19.1. The largest absolute Gasteiger partial charge is 0.378 e. The van der Waals surface area contributed by atoms with Crippen LogP contribution >= 0.6 is 0 Å². The average Bonchev–Trinajstić information content (AvgIpc) is 2.29. The highest BCUT2D eigenvalue weighted by Gasteiger charge is 2.31. The molecule has 2 rings (SSSR count). The minimum atomic E-state index is -0.197. The molecule has 0 radical (unpaired) electrons. The predicted molar refractivity (Wildman–Crippen MR) is 70.8 cm³/mol. The Hall–Kier alpha value is -0.930. The van der Waals surface area contributed by atoms with Crippen LogP contribution < -0.4 is 5.73 Å². The Morgan fingerprint density at radius 1 is 1.44 bits per heavy atom. The normalized spacial score (nSPS) is 24.7. The van der Waals surface area contributed by atoms with E-state index in [1.54, 1.807) is 6.07 Å². The van der Waals surface area contributed by atoms with Crippen LogP contribution in [0, 0.1) is 18.7 Å². The van der Waals surface area contributed by atoms with Gasteiger partial charge in [0.25, 0.3) is 0 Å². The van der Waals surface area contributed by atoms with E-state index in [0.29, 0.717) is 17.6 Å². The standard InChI is InChI=1S/C15H22FNO/c1-3-18-12-7-11(8-12)9-15(17)13-6-10(2)4-5-14(13)16/h4-6,11-12,15H,3,7-9,17H2,1-2H3. The maximum atomic E-state index is 13.7. The van der Waals surface area contributed by atoms with E-state index in [9.17, 15) is 4.39 Å². The van der Waals surface area contributed by atoms with Crippen molar-refractivity contribution in [3.05, 3.63) is 35.1 Å². The first-order chi connectivity index (χ1) is 8.60. The van der Waals surface area contributed by atoms with Crippen LogP contribution in [0.3, 0.4) is 0 Å². The average molecular weight is 251 g/mol. The predicted octanol–water partition coefficient (Wildman–Crippen LogP) is 3.34. The van der Waals surface area contributed by atoms with Crippen LogP contribution in [0.1, 0.15) is 43.4 Å². The topological polar surface area (TPSA) is 35.2 Å².